The SMILES string of the molecule is Cc1cc(C(C)(C)C)cc(C)c1S(=O)(=O)N1CCN(CCC(=O)O)CC1. The van der Waals surface area contributed by atoms with Crippen LogP contribution in [0.25, 0.3) is 0 Å². The van der Waals surface area contributed by atoms with Gasteiger partial charge >= 0.3 is 5.97 Å². The molecule has 0 aromatic heterocycles. The van der Waals surface area contributed by atoms with Gasteiger partial charge in [-0.3, -0.25) is 4.79 Å². The Balaban J connectivity index is 2.20. The van der Waals surface area contributed by atoms with E-state index in [4.69, 9.17) is 5.11 Å². The largest absolute Gasteiger partial charge is 0.481 e. The molecule has 1 fully saturated rings. The van der Waals surface area contributed by atoms with E-state index in [0.29, 0.717) is 37.6 Å². The van der Waals surface area contributed by atoms with E-state index in [0.717, 1.165) is 16.7 Å². The molecule has 0 atom stereocenters. The molecular formula is C19H30N2O4S. The molecule has 26 heavy (non-hydrogen) atoms. The van der Waals surface area contributed by atoms with Crippen molar-refractivity contribution in [3.05, 3.63) is 28.8 Å². The zero-order chi connectivity index (χ0) is 19.7. The lowest BCUT2D eigenvalue weighted by atomic mass is 9.85. The number of sulfonamides is 1. The maximum Gasteiger partial charge on any atom is 0.304 e. The monoisotopic (exact) mass is 382 g/mol. The molecule has 0 spiro atoms. The van der Waals surface area contributed by atoms with Crippen LogP contribution in [-0.4, -0.2) is 61.4 Å². The Morgan fingerprint density at radius 2 is 1.58 bits per heavy atom. The van der Waals surface area contributed by atoms with Gasteiger partial charge in [-0.25, -0.2) is 8.42 Å². The summed E-state index contributed by atoms with van der Waals surface area (Å²) < 4.78 is 27.9. The Hall–Kier alpha value is -1.44. The summed E-state index contributed by atoms with van der Waals surface area (Å²) >= 11 is 0. The summed E-state index contributed by atoms with van der Waals surface area (Å²) in [5.41, 5.74) is 2.66. The number of carboxylic acids is 1. The first-order valence-electron chi connectivity index (χ1n) is 8.99. The maximum atomic E-state index is 13.2. The summed E-state index contributed by atoms with van der Waals surface area (Å²) in [6.45, 7) is 12.4. The number of rotatable bonds is 5. The molecule has 1 N–H and O–H groups in total. The normalized spacial score (nSPS) is 17.4. The van der Waals surface area contributed by atoms with Gasteiger partial charge in [-0.2, -0.15) is 4.31 Å². The second kappa shape index (κ2) is 7.66. The highest BCUT2D eigenvalue weighted by molar-refractivity contribution is 7.89. The molecule has 0 aliphatic carbocycles. The summed E-state index contributed by atoms with van der Waals surface area (Å²) in [5.74, 6) is -0.828. The lowest BCUT2D eigenvalue weighted by molar-refractivity contribution is -0.137. The summed E-state index contributed by atoms with van der Waals surface area (Å²) in [4.78, 5) is 13.1. The molecular weight excluding hydrogens is 352 g/mol. The maximum absolute atomic E-state index is 13.2. The van der Waals surface area contributed by atoms with Gasteiger partial charge in [-0.15, -0.1) is 0 Å². The van der Waals surface area contributed by atoms with E-state index in [1.807, 2.05) is 30.9 Å². The third-order valence-electron chi connectivity index (χ3n) is 4.90. The Morgan fingerprint density at radius 3 is 2.00 bits per heavy atom. The molecule has 1 aromatic carbocycles. The zero-order valence-corrected chi connectivity index (χ0v) is 17.2. The zero-order valence-electron chi connectivity index (χ0n) is 16.4. The molecule has 1 aliphatic heterocycles. The van der Waals surface area contributed by atoms with Crippen molar-refractivity contribution in [1.29, 1.82) is 0 Å². The number of aliphatic carboxylic acids is 1. The predicted octanol–water partition coefficient (Wildman–Crippen LogP) is 2.38. The van der Waals surface area contributed by atoms with Gasteiger partial charge in [0.15, 0.2) is 0 Å². The second-order valence-electron chi connectivity index (χ2n) is 8.08. The first-order chi connectivity index (χ1) is 11.9. The molecule has 1 aromatic rings. The molecule has 146 valence electrons. The highest BCUT2D eigenvalue weighted by Gasteiger charge is 2.31. The van der Waals surface area contributed by atoms with Crippen LogP contribution in [0.4, 0.5) is 0 Å². The van der Waals surface area contributed by atoms with E-state index in [9.17, 15) is 13.2 Å². The second-order valence-corrected chi connectivity index (χ2v) is 9.95. The fraction of sp³-hybridized carbons (Fsp3) is 0.632. The van der Waals surface area contributed by atoms with E-state index in [-0.39, 0.29) is 11.8 Å². The van der Waals surface area contributed by atoms with Crippen LogP contribution < -0.4 is 0 Å². The van der Waals surface area contributed by atoms with Crippen LogP contribution in [0.1, 0.15) is 43.9 Å². The van der Waals surface area contributed by atoms with Crippen LogP contribution >= 0.6 is 0 Å². The van der Waals surface area contributed by atoms with Gasteiger partial charge < -0.3 is 10.0 Å². The molecule has 0 amide bonds. The molecule has 0 saturated carbocycles. The van der Waals surface area contributed by atoms with Gasteiger partial charge in [0.1, 0.15) is 0 Å². The predicted molar refractivity (Wildman–Crippen MR) is 102 cm³/mol. The topological polar surface area (TPSA) is 77.9 Å². The van der Waals surface area contributed by atoms with Gasteiger partial charge in [0.2, 0.25) is 10.0 Å². The van der Waals surface area contributed by atoms with E-state index in [1.165, 1.54) is 4.31 Å². The minimum Gasteiger partial charge on any atom is -0.481 e. The highest BCUT2D eigenvalue weighted by atomic mass is 32.2. The van der Waals surface area contributed by atoms with E-state index in [2.05, 4.69) is 20.8 Å². The quantitative estimate of drug-likeness (QED) is 0.846. The van der Waals surface area contributed by atoms with Crippen molar-refractivity contribution < 1.29 is 18.3 Å². The standard InChI is InChI=1S/C19H30N2O4S/c1-14-12-16(19(3,4)5)13-15(2)18(14)26(24,25)21-10-8-20(9-11-21)7-6-17(22)23/h12-13H,6-11H2,1-5H3,(H,22,23). The van der Waals surface area contributed by atoms with Gasteiger partial charge in [0.05, 0.1) is 11.3 Å². The number of carboxylic acid groups (broad SMARTS) is 1. The van der Waals surface area contributed by atoms with E-state index < -0.39 is 16.0 Å². The first-order valence-corrected chi connectivity index (χ1v) is 10.4. The number of hydrogen-bond donors (Lipinski definition) is 1. The highest BCUT2D eigenvalue weighted by Crippen LogP contribution is 2.31. The van der Waals surface area contributed by atoms with Crippen molar-refractivity contribution in [2.45, 2.75) is 51.3 Å². The Kier molecular flexibility index (Phi) is 6.15. The third-order valence-corrected chi connectivity index (χ3v) is 7.10. The molecule has 1 aliphatic rings. The number of aryl methyl sites for hydroxylation is 2. The van der Waals surface area contributed by atoms with Crippen molar-refractivity contribution in [2.24, 2.45) is 0 Å². The summed E-state index contributed by atoms with van der Waals surface area (Å²) in [7, 11) is -3.55. The number of piperazine rings is 1. The average molecular weight is 383 g/mol. The van der Waals surface area contributed by atoms with Crippen LogP contribution in [0.2, 0.25) is 0 Å². The van der Waals surface area contributed by atoms with Crippen LogP contribution in [0.5, 0.6) is 0 Å². The van der Waals surface area contributed by atoms with Gasteiger partial charge in [0, 0.05) is 32.7 Å². The lowest BCUT2D eigenvalue weighted by Crippen LogP contribution is -2.49. The Labute approximate surface area is 156 Å². The number of carbonyl (C=O) groups is 1. The fourth-order valence-electron chi connectivity index (χ4n) is 3.37. The number of nitrogens with zero attached hydrogens (tertiary/aromatic N) is 2. The van der Waals surface area contributed by atoms with Crippen LogP contribution in [0.3, 0.4) is 0 Å². The molecule has 0 bridgehead atoms. The molecule has 1 saturated heterocycles. The van der Waals surface area contributed by atoms with Gasteiger partial charge in [0.25, 0.3) is 0 Å². The Morgan fingerprint density at radius 1 is 1.08 bits per heavy atom. The molecule has 2 rings (SSSR count). The van der Waals surface area contributed by atoms with Crippen molar-refractivity contribution >= 4 is 16.0 Å². The average Bonchev–Trinajstić information content (AvgIpc) is 2.51. The first kappa shape index (κ1) is 20.9. The number of hydrogen-bond acceptors (Lipinski definition) is 4. The third kappa shape index (κ3) is 4.64. The summed E-state index contributed by atoms with van der Waals surface area (Å²) in [5, 5.41) is 8.78. The van der Waals surface area contributed by atoms with Gasteiger partial charge in [-0.1, -0.05) is 32.9 Å². The fourth-order valence-corrected chi connectivity index (χ4v) is 5.20. The lowest BCUT2D eigenvalue weighted by Gasteiger charge is -2.34. The molecule has 0 radical (unpaired) electrons. The van der Waals surface area contributed by atoms with Crippen molar-refractivity contribution in [3.8, 4) is 0 Å². The van der Waals surface area contributed by atoms with Crippen molar-refractivity contribution in [2.75, 3.05) is 32.7 Å². The molecule has 7 heteroatoms. The van der Waals surface area contributed by atoms with Crippen LogP contribution in [0.15, 0.2) is 17.0 Å². The molecule has 6 nitrogen and oxygen atoms in total. The van der Waals surface area contributed by atoms with Crippen LogP contribution in [-0.2, 0) is 20.2 Å². The van der Waals surface area contributed by atoms with E-state index in [1.54, 1.807) is 0 Å². The molecule has 1 heterocycles. The minimum atomic E-state index is -3.55. The summed E-state index contributed by atoms with van der Waals surface area (Å²) in [6.07, 6.45) is 0.0826. The van der Waals surface area contributed by atoms with Crippen molar-refractivity contribution in [3.63, 3.8) is 0 Å². The van der Waals surface area contributed by atoms with Crippen molar-refractivity contribution in [1.82, 2.24) is 9.21 Å². The summed E-state index contributed by atoms with van der Waals surface area (Å²) in [6, 6.07) is 3.95. The molecule has 0 unspecified atom stereocenters. The smallest absolute Gasteiger partial charge is 0.304 e. The van der Waals surface area contributed by atoms with Crippen LogP contribution in [0, 0.1) is 13.8 Å². The Bertz CT molecular complexity index is 750. The van der Waals surface area contributed by atoms with Gasteiger partial charge in [-0.05, 0) is 36.0 Å². The number of benzene rings is 1. The van der Waals surface area contributed by atoms with E-state index >= 15 is 0 Å². The minimum absolute atomic E-state index is 0.0341.